The van der Waals surface area contributed by atoms with E-state index in [0.717, 1.165) is 13.1 Å². The number of hydrogen-bond acceptors (Lipinski definition) is 3. The van der Waals surface area contributed by atoms with Crippen molar-refractivity contribution in [2.75, 3.05) is 18.0 Å². The third kappa shape index (κ3) is 2.81. The molecule has 1 aliphatic rings. The normalized spacial score (nSPS) is 26.2. The van der Waals surface area contributed by atoms with Gasteiger partial charge in [-0.05, 0) is 13.0 Å². The molecule has 1 aliphatic heterocycles. The van der Waals surface area contributed by atoms with Crippen molar-refractivity contribution < 1.29 is 9.50 Å². The van der Waals surface area contributed by atoms with Gasteiger partial charge in [0, 0.05) is 29.2 Å². The molecule has 1 N–H and O–H groups in total. The Hall–Kier alpha value is -0.740. The third-order valence-electron chi connectivity index (χ3n) is 3.20. The first-order chi connectivity index (χ1) is 8.49. The summed E-state index contributed by atoms with van der Waals surface area (Å²) in [6.07, 6.45) is -0.643. The summed E-state index contributed by atoms with van der Waals surface area (Å²) >= 11 is 1.93. The zero-order valence-electron chi connectivity index (χ0n) is 11.1. The van der Waals surface area contributed by atoms with Gasteiger partial charge in [-0.25, -0.2) is 4.39 Å². The van der Waals surface area contributed by atoms with E-state index in [9.17, 15) is 9.50 Å². The summed E-state index contributed by atoms with van der Waals surface area (Å²) in [5, 5.41) is 10.8. The molecule has 2 rings (SSSR count). The van der Waals surface area contributed by atoms with Gasteiger partial charge in [0.1, 0.15) is 5.82 Å². The molecule has 100 valence electrons. The molecular formula is C14H20FNOS. The number of rotatable bonds is 2. The summed E-state index contributed by atoms with van der Waals surface area (Å²) in [5.74, 6) is -0.236. The van der Waals surface area contributed by atoms with Crippen LogP contribution in [0, 0.1) is 5.82 Å². The quantitative estimate of drug-likeness (QED) is 0.892. The van der Waals surface area contributed by atoms with Crippen LogP contribution >= 0.6 is 11.8 Å². The Morgan fingerprint density at radius 3 is 2.50 bits per heavy atom. The Morgan fingerprint density at radius 2 is 1.94 bits per heavy atom. The summed E-state index contributed by atoms with van der Waals surface area (Å²) in [5.41, 5.74) is 1.26. The smallest absolute Gasteiger partial charge is 0.146 e. The van der Waals surface area contributed by atoms with E-state index >= 15 is 0 Å². The highest BCUT2D eigenvalue weighted by molar-refractivity contribution is 8.00. The van der Waals surface area contributed by atoms with E-state index in [2.05, 4.69) is 18.7 Å². The fourth-order valence-electron chi connectivity index (χ4n) is 2.56. The van der Waals surface area contributed by atoms with E-state index in [4.69, 9.17) is 0 Å². The van der Waals surface area contributed by atoms with Crippen LogP contribution in [0.3, 0.4) is 0 Å². The zero-order chi connectivity index (χ0) is 13.3. The van der Waals surface area contributed by atoms with Crippen LogP contribution in [-0.2, 0) is 0 Å². The van der Waals surface area contributed by atoms with Gasteiger partial charge in [0.15, 0.2) is 0 Å². The van der Waals surface area contributed by atoms with E-state index in [1.807, 2.05) is 11.8 Å². The maximum absolute atomic E-state index is 14.1. The second-order valence-corrected chi connectivity index (χ2v) is 6.90. The summed E-state index contributed by atoms with van der Waals surface area (Å²) in [7, 11) is 0. The van der Waals surface area contributed by atoms with Crippen LogP contribution in [0.5, 0.6) is 0 Å². The van der Waals surface area contributed by atoms with Crippen molar-refractivity contribution in [1.29, 1.82) is 0 Å². The Morgan fingerprint density at radius 1 is 1.33 bits per heavy atom. The molecule has 0 saturated carbocycles. The van der Waals surface area contributed by atoms with Crippen LogP contribution in [0.1, 0.15) is 32.4 Å². The number of nitrogens with zero attached hydrogens (tertiary/aromatic N) is 1. The van der Waals surface area contributed by atoms with Crippen molar-refractivity contribution in [3.8, 4) is 0 Å². The van der Waals surface area contributed by atoms with E-state index in [-0.39, 0.29) is 5.82 Å². The van der Waals surface area contributed by atoms with Crippen LogP contribution in [-0.4, -0.2) is 28.7 Å². The second-order valence-electron chi connectivity index (χ2n) is 5.02. The van der Waals surface area contributed by atoms with Gasteiger partial charge in [-0.1, -0.05) is 26.0 Å². The SMILES string of the molecule is CC1CN(c2c(F)cccc2C(C)O)CC(C)S1. The lowest BCUT2D eigenvalue weighted by atomic mass is 10.1. The number of para-hydroxylation sites is 1. The highest BCUT2D eigenvalue weighted by atomic mass is 32.2. The molecular weight excluding hydrogens is 249 g/mol. The van der Waals surface area contributed by atoms with Crippen LogP contribution < -0.4 is 4.90 Å². The number of anilines is 1. The fraction of sp³-hybridized carbons (Fsp3) is 0.571. The lowest BCUT2D eigenvalue weighted by Crippen LogP contribution is -2.41. The molecule has 2 nitrogen and oxygen atoms in total. The van der Waals surface area contributed by atoms with Gasteiger partial charge < -0.3 is 10.0 Å². The minimum absolute atomic E-state index is 0.236. The van der Waals surface area contributed by atoms with Gasteiger partial charge in [0.25, 0.3) is 0 Å². The average molecular weight is 269 g/mol. The first-order valence-corrected chi connectivity index (χ1v) is 7.30. The maximum Gasteiger partial charge on any atom is 0.146 e. The molecule has 3 unspecified atom stereocenters. The molecule has 1 aromatic rings. The van der Waals surface area contributed by atoms with Crippen molar-refractivity contribution in [2.24, 2.45) is 0 Å². The zero-order valence-corrected chi connectivity index (χ0v) is 11.9. The van der Waals surface area contributed by atoms with Gasteiger partial charge in [-0.3, -0.25) is 0 Å². The largest absolute Gasteiger partial charge is 0.389 e. The lowest BCUT2D eigenvalue weighted by Gasteiger charge is -2.37. The molecule has 0 spiro atoms. The van der Waals surface area contributed by atoms with Crippen molar-refractivity contribution in [3.05, 3.63) is 29.6 Å². The summed E-state index contributed by atoms with van der Waals surface area (Å²) in [6.45, 7) is 7.67. The van der Waals surface area contributed by atoms with Crippen molar-refractivity contribution in [3.63, 3.8) is 0 Å². The Kier molecular flexibility index (Phi) is 4.17. The molecule has 1 fully saturated rings. The van der Waals surface area contributed by atoms with Crippen LogP contribution in [0.4, 0.5) is 10.1 Å². The standard InChI is InChI=1S/C14H20FNOS/c1-9-7-16(8-10(2)18-9)14-12(11(3)17)5-4-6-13(14)15/h4-6,9-11,17H,7-8H2,1-3H3. The lowest BCUT2D eigenvalue weighted by molar-refractivity contribution is 0.199. The third-order valence-corrected chi connectivity index (χ3v) is 4.43. The summed E-state index contributed by atoms with van der Waals surface area (Å²) in [4.78, 5) is 2.07. The molecule has 0 radical (unpaired) electrons. The van der Waals surface area contributed by atoms with E-state index in [1.54, 1.807) is 19.1 Å². The Bertz CT molecular complexity index is 414. The van der Waals surface area contributed by atoms with Crippen molar-refractivity contribution in [1.82, 2.24) is 0 Å². The fourth-order valence-corrected chi connectivity index (χ4v) is 3.89. The number of benzene rings is 1. The predicted molar refractivity (Wildman–Crippen MR) is 75.8 cm³/mol. The number of aliphatic hydroxyl groups excluding tert-OH is 1. The molecule has 3 atom stereocenters. The summed E-state index contributed by atoms with van der Waals surface area (Å²) < 4.78 is 14.1. The van der Waals surface area contributed by atoms with Crippen molar-refractivity contribution >= 4 is 17.4 Å². The highest BCUT2D eigenvalue weighted by Gasteiger charge is 2.26. The second kappa shape index (κ2) is 5.49. The van der Waals surface area contributed by atoms with Gasteiger partial charge in [-0.15, -0.1) is 0 Å². The minimum atomic E-state index is -0.643. The molecule has 0 bridgehead atoms. The highest BCUT2D eigenvalue weighted by Crippen LogP contribution is 2.34. The van der Waals surface area contributed by atoms with E-state index in [1.165, 1.54) is 6.07 Å². The van der Waals surface area contributed by atoms with Gasteiger partial charge in [-0.2, -0.15) is 11.8 Å². The molecule has 18 heavy (non-hydrogen) atoms. The number of hydrogen-bond donors (Lipinski definition) is 1. The first kappa shape index (κ1) is 13.7. The molecule has 0 amide bonds. The molecule has 0 aromatic heterocycles. The number of thioether (sulfide) groups is 1. The molecule has 0 aliphatic carbocycles. The molecule has 1 saturated heterocycles. The number of halogens is 1. The Balaban J connectivity index is 2.37. The monoisotopic (exact) mass is 269 g/mol. The molecule has 4 heteroatoms. The van der Waals surface area contributed by atoms with Crippen LogP contribution in [0.2, 0.25) is 0 Å². The molecule has 1 heterocycles. The maximum atomic E-state index is 14.1. The van der Waals surface area contributed by atoms with Crippen LogP contribution in [0.15, 0.2) is 18.2 Å². The van der Waals surface area contributed by atoms with Gasteiger partial charge >= 0.3 is 0 Å². The van der Waals surface area contributed by atoms with Crippen molar-refractivity contribution in [2.45, 2.75) is 37.4 Å². The number of aliphatic hydroxyl groups is 1. The minimum Gasteiger partial charge on any atom is -0.389 e. The first-order valence-electron chi connectivity index (χ1n) is 6.36. The molecule has 1 aromatic carbocycles. The van der Waals surface area contributed by atoms with Gasteiger partial charge in [0.2, 0.25) is 0 Å². The van der Waals surface area contributed by atoms with E-state index in [0.29, 0.717) is 21.8 Å². The van der Waals surface area contributed by atoms with Crippen LogP contribution in [0.25, 0.3) is 0 Å². The predicted octanol–water partition coefficient (Wildman–Crippen LogP) is 3.21. The summed E-state index contributed by atoms with van der Waals surface area (Å²) in [6, 6.07) is 4.94. The van der Waals surface area contributed by atoms with E-state index < -0.39 is 6.10 Å². The van der Waals surface area contributed by atoms with Gasteiger partial charge in [0.05, 0.1) is 11.8 Å². The Labute approximate surface area is 112 Å². The average Bonchev–Trinajstić information content (AvgIpc) is 2.26. The topological polar surface area (TPSA) is 23.5 Å².